The largest absolute Gasteiger partial charge is 0.497 e. The zero-order chi connectivity index (χ0) is 19.6. The zero-order valence-corrected chi connectivity index (χ0v) is 16.2. The number of likely N-dealkylation sites (tertiary alicyclic amines) is 1. The van der Waals surface area contributed by atoms with E-state index in [1.54, 1.807) is 19.2 Å². The van der Waals surface area contributed by atoms with Gasteiger partial charge in [0.25, 0.3) is 0 Å². The molecule has 2 heterocycles. The first kappa shape index (κ1) is 19.0. The first-order chi connectivity index (χ1) is 13.6. The lowest BCUT2D eigenvalue weighted by atomic mass is 9.87. The van der Waals surface area contributed by atoms with Gasteiger partial charge in [-0.2, -0.15) is 0 Å². The maximum atomic E-state index is 13.2. The number of methoxy groups -OCH3 is 1. The van der Waals surface area contributed by atoms with Gasteiger partial charge in [-0.3, -0.25) is 4.90 Å². The lowest BCUT2D eigenvalue weighted by Gasteiger charge is -2.28. The first-order valence-corrected chi connectivity index (χ1v) is 9.77. The molecule has 0 radical (unpaired) electrons. The number of hydrogen-bond acceptors (Lipinski definition) is 4. The van der Waals surface area contributed by atoms with Gasteiger partial charge in [0.15, 0.2) is 0 Å². The average Bonchev–Trinajstić information content (AvgIpc) is 2.90. The van der Waals surface area contributed by atoms with Gasteiger partial charge in [-0.15, -0.1) is 0 Å². The molecule has 28 heavy (non-hydrogen) atoms. The number of hydrogen-bond donors (Lipinski definition) is 1. The molecule has 1 N–H and O–H groups in total. The van der Waals surface area contributed by atoms with Crippen LogP contribution < -0.4 is 9.47 Å². The summed E-state index contributed by atoms with van der Waals surface area (Å²) < 4.78 is 24.4. The fourth-order valence-electron chi connectivity index (χ4n) is 4.09. The summed E-state index contributed by atoms with van der Waals surface area (Å²) in [6, 6.07) is 12.1. The Kier molecular flexibility index (Phi) is 5.38. The summed E-state index contributed by atoms with van der Waals surface area (Å²) in [4.78, 5) is 2.36. The molecule has 2 aliphatic heterocycles. The molecule has 2 aromatic carbocycles. The molecule has 0 unspecified atom stereocenters. The van der Waals surface area contributed by atoms with Crippen molar-refractivity contribution in [3.63, 3.8) is 0 Å². The van der Waals surface area contributed by atoms with E-state index in [1.165, 1.54) is 17.7 Å². The van der Waals surface area contributed by atoms with E-state index in [2.05, 4.69) is 11.0 Å². The van der Waals surface area contributed by atoms with Crippen LogP contribution in [0.2, 0.25) is 0 Å². The summed E-state index contributed by atoms with van der Waals surface area (Å²) in [5, 5.41) is 11.1. The van der Waals surface area contributed by atoms with Gasteiger partial charge in [-0.25, -0.2) is 4.39 Å². The molecule has 2 aliphatic rings. The Morgan fingerprint density at radius 2 is 1.96 bits per heavy atom. The number of benzene rings is 2. The van der Waals surface area contributed by atoms with E-state index in [0.29, 0.717) is 19.4 Å². The van der Waals surface area contributed by atoms with Gasteiger partial charge in [0.05, 0.1) is 12.7 Å². The number of nitrogens with zero attached hydrogens (tertiary/aromatic N) is 1. The van der Waals surface area contributed by atoms with Crippen LogP contribution in [0.1, 0.15) is 30.4 Å². The number of halogens is 1. The number of aliphatic hydroxyl groups is 1. The lowest BCUT2D eigenvalue weighted by molar-refractivity contribution is 0.0213. The van der Waals surface area contributed by atoms with Crippen molar-refractivity contribution in [2.75, 3.05) is 33.4 Å². The van der Waals surface area contributed by atoms with Crippen LogP contribution in [-0.4, -0.2) is 43.4 Å². The number of fused-ring (bicyclic) bond motifs is 1. The van der Waals surface area contributed by atoms with Crippen LogP contribution in [0.5, 0.6) is 11.5 Å². The summed E-state index contributed by atoms with van der Waals surface area (Å²) in [5.74, 6) is 1.42. The monoisotopic (exact) mass is 383 g/mol. The smallest absolute Gasteiger partial charge is 0.127 e. The van der Waals surface area contributed by atoms with Crippen molar-refractivity contribution >= 4 is 6.08 Å². The van der Waals surface area contributed by atoms with Gasteiger partial charge >= 0.3 is 0 Å². The molecule has 0 bridgehead atoms. The Balaban J connectivity index is 1.44. The van der Waals surface area contributed by atoms with Crippen molar-refractivity contribution in [1.29, 1.82) is 0 Å². The van der Waals surface area contributed by atoms with Crippen LogP contribution in [-0.2, 0) is 5.60 Å². The van der Waals surface area contributed by atoms with Crippen LogP contribution in [0.3, 0.4) is 0 Å². The normalized spacial score (nSPS) is 22.6. The zero-order valence-electron chi connectivity index (χ0n) is 16.2. The number of rotatable bonds is 4. The Morgan fingerprint density at radius 3 is 2.75 bits per heavy atom. The van der Waals surface area contributed by atoms with Gasteiger partial charge in [-0.05, 0) is 73.4 Å². The highest BCUT2D eigenvalue weighted by atomic mass is 19.1. The Labute approximate surface area is 165 Å². The fourth-order valence-corrected chi connectivity index (χ4v) is 4.09. The number of ether oxygens (including phenoxy) is 2. The quantitative estimate of drug-likeness (QED) is 0.867. The van der Waals surface area contributed by atoms with Crippen molar-refractivity contribution < 1.29 is 19.0 Å². The molecule has 2 aromatic rings. The summed E-state index contributed by atoms with van der Waals surface area (Å²) in [6.45, 7) is 3.11. The van der Waals surface area contributed by atoms with Crippen molar-refractivity contribution in [3.8, 4) is 11.5 Å². The van der Waals surface area contributed by atoms with E-state index in [1.807, 2.05) is 18.2 Å². The van der Waals surface area contributed by atoms with E-state index in [0.717, 1.165) is 48.7 Å². The van der Waals surface area contributed by atoms with E-state index >= 15 is 0 Å². The second-order valence-electron chi connectivity index (χ2n) is 7.66. The summed E-state index contributed by atoms with van der Waals surface area (Å²) in [6.07, 6.45) is 4.40. The maximum Gasteiger partial charge on any atom is 0.127 e. The fraction of sp³-hybridized carbons (Fsp3) is 0.391. The van der Waals surface area contributed by atoms with Gasteiger partial charge in [0, 0.05) is 18.7 Å². The topological polar surface area (TPSA) is 41.9 Å². The summed E-state index contributed by atoms with van der Waals surface area (Å²) in [5.41, 5.74) is 2.17. The maximum absolute atomic E-state index is 13.2. The molecule has 5 heteroatoms. The third kappa shape index (κ3) is 4.05. The molecule has 0 aliphatic carbocycles. The Hall–Kier alpha value is -2.37. The summed E-state index contributed by atoms with van der Waals surface area (Å²) >= 11 is 0. The van der Waals surface area contributed by atoms with Crippen LogP contribution in [0.4, 0.5) is 4.39 Å². The predicted octanol–water partition coefficient (Wildman–Crippen LogP) is 3.98. The van der Waals surface area contributed by atoms with Gasteiger partial charge < -0.3 is 14.6 Å². The molecular formula is C23H26FNO3. The second-order valence-corrected chi connectivity index (χ2v) is 7.66. The Bertz CT molecular complexity index is 865. The van der Waals surface area contributed by atoms with Gasteiger partial charge in [0.2, 0.25) is 0 Å². The molecule has 0 spiro atoms. The SMILES string of the molecule is COc1ccc2c(c1)C=C(CN1CCC[C@@](O)(c3ccc(F)cc3)CC1)CO2. The molecule has 148 valence electrons. The molecule has 4 nitrogen and oxygen atoms in total. The van der Waals surface area contributed by atoms with Crippen LogP contribution >= 0.6 is 0 Å². The van der Waals surface area contributed by atoms with Crippen molar-refractivity contribution in [2.24, 2.45) is 0 Å². The first-order valence-electron chi connectivity index (χ1n) is 9.77. The third-order valence-electron chi connectivity index (χ3n) is 5.70. The molecule has 0 aromatic heterocycles. The standard InChI is InChI=1S/C23H26FNO3/c1-27-21-7-8-22-18(14-21)13-17(16-28-22)15-25-11-2-9-23(26,10-12-25)19-3-5-20(24)6-4-19/h3-8,13-14,26H,2,9-12,15-16H2,1H3/t23-/m0/s1. The molecule has 0 amide bonds. The molecule has 4 rings (SSSR count). The summed E-state index contributed by atoms with van der Waals surface area (Å²) in [7, 11) is 1.66. The minimum Gasteiger partial charge on any atom is -0.497 e. The minimum atomic E-state index is -0.889. The van der Waals surface area contributed by atoms with Crippen molar-refractivity contribution in [3.05, 3.63) is 65.0 Å². The van der Waals surface area contributed by atoms with E-state index in [9.17, 15) is 9.50 Å². The van der Waals surface area contributed by atoms with Crippen molar-refractivity contribution in [1.82, 2.24) is 4.90 Å². The third-order valence-corrected chi connectivity index (χ3v) is 5.70. The van der Waals surface area contributed by atoms with Gasteiger partial charge in [0.1, 0.15) is 23.9 Å². The van der Waals surface area contributed by atoms with E-state index < -0.39 is 5.60 Å². The van der Waals surface area contributed by atoms with Crippen LogP contribution in [0.25, 0.3) is 6.08 Å². The van der Waals surface area contributed by atoms with Crippen LogP contribution in [0.15, 0.2) is 48.0 Å². The molecule has 0 saturated carbocycles. The van der Waals surface area contributed by atoms with E-state index in [4.69, 9.17) is 9.47 Å². The highest BCUT2D eigenvalue weighted by Gasteiger charge is 2.32. The minimum absolute atomic E-state index is 0.274. The van der Waals surface area contributed by atoms with Crippen molar-refractivity contribution in [2.45, 2.75) is 24.9 Å². The Morgan fingerprint density at radius 1 is 1.14 bits per heavy atom. The lowest BCUT2D eigenvalue weighted by Crippen LogP contribution is -2.31. The molecule has 1 saturated heterocycles. The predicted molar refractivity (Wildman–Crippen MR) is 107 cm³/mol. The average molecular weight is 383 g/mol. The second kappa shape index (κ2) is 7.94. The molecular weight excluding hydrogens is 357 g/mol. The highest BCUT2D eigenvalue weighted by molar-refractivity contribution is 5.64. The van der Waals surface area contributed by atoms with E-state index in [-0.39, 0.29) is 5.82 Å². The van der Waals surface area contributed by atoms with Gasteiger partial charge in [-0.1, -0.05) is 12.1 Å². The van der Waals surface area contributed by atoms with Crippen LogP contribution in [0, 0.1) is 5.82 Å². The highest BCUT2D eigenvalue weighted by Crippen LogP contribution is 2.34. The molecule has 1 atom stereocenters. The molecule has 1 fully saturated rings.